The molecule has 160 valence electrons. The number of halogens is 1. The monoisotopic (exact) mass is 413 g/mol. The summed E-state index contributed by atoms with van der Waals surface area (Å²) in [5.74, 6) is -1.24. The van der Waals surface area contributed by atoms with Gasteiger partial charge in [-0.3, -0.25) is 9.59 Å². The average molecular weight is 414 g/mol. The molecular formula is C22H36ClNO4. The molecule has 0 spiro atoms. The zero-order valence-corrected chi connectivity index (χ0v) is 18.9. The van der Waals surface area contributed by atoms with Crippen LogP contribution in [0.15, 0.2) is 30.3 Å². The minimum absolute atomic E-state index is 0. The number of hydrogen-bond donors (Lipinski definition) is 0. The van der Waals surface area contributed by atoms with E-state index in [0.717, 1.165) is 25.2 Å². The van der Waals surface area contributed by atoms with E-state index in [0.29, 0.717) is 13.0 Å². The van der Waals surface area contributed by atoms with E-state index in [1.807, 2.05) is 30.3 Å². The van der Waals surface area contributed by atoms with Crippen LogP contribution in [0, 0.1) is 11.3 Å². The van der Waals surface area contributed by atoms with Crippen LogP contribution in [0.5, 0.6) is 0 Å². The van der Waals surface area contributed by atoms with Gasteiger partial charge in [-0.2, -0.15) is 0 Å². The normalized spacial score (nSPS) is 13.4. The molecule has 0 saturated carbocycles. The summed E-state index contributed by atoms with van der Waals surface area (Å²) >= 11 is 0. The third-order valence-corrected chi connectivity index (χ3v) is 4.67. The standard InChI is InChI=1S/C22H35NO4.ClH/c1-7-23(8-2)15-22(5,6)16-26-21(25)20(17(3)27-18(4)24)14-19-12-10-9-11-13-19;/h9-13,17,20H,7-8,14-16H2,1-6H3;1H. The number of carbonyl (C=O) groups is 2. The van der Waals surface area contributed by atoms with E-state index in [4.69, 9.17) is 9.47 Å². The molecule has 0 radical (unpaired) electrons. The molecule has 0 bridgehead atoms. The fraction of sp³-hybridized carbons (Fsp3) is 0.636. The van der Waals surface area contributed by atoms with Gasteiger partial charge in [0.15, 0.2) is 0 Å². The number of esters is 2. The van der Waals surface area contributed by atoms with Crippen LogP contribution < -0.4 is 0 Å². The zero-order valence-electron chi connectivity index (χ0n) is 18.1. The van der Waals surface area contributed by atoms with Crippen molar-refractivity contribution in [1.29, 1.82) is 0 Å². The Kier molecular flexibility index (Phi) is 12.1. The number of hydrogen-bond acceptors (Lipinski definition) is 5. The van der Waals surface area contributed by atoms with Crippen molar-refractivity contribution in [3.8, 4) is 0 Å². The average Bonchev–Trinajstić information content (AvgIpc) is 2.62. The molecule has 0 aliphatic heterocycles. The molecule has 2 unspecified atom stereocenters. The highest BCUT2D eigenvalue weighted by Gasteiger charge is 2.31. The number of nitrogens with zero attached hydrogens (tertiary/aromatic N) is 1. The smallest absolute Gasteiger partial charge is 0.313 e. The van der Waals surface area contributed by atoms with E-state index in [1.165, 1.54) is 6.92 Å². The third kappa shape index (κ3) is 9.56. The predicted molar refractivity (Wildman–Crippen MR) is 115 cm³/mol. The molecule has 2 atom stereocenters. The summed E-state index contributed by atoms with van der Waals surface area (Å²) in [5.41, 5.74) is 0.866. The lowest BCUT2D eigenvalue weighted by Crippen LogP contribution is -2.39. The van der Waals surface area contributed by atoms with Gasteiger partial charge in [0.2, 0.25) is 0 Å². The molecule has 0 aliphatic carbocycles. The van der Waals surface area contributed by atoms with Gasteiger partial charge < -0.3 is 14.4 Å². The Morgan fingerprint density at radius 3 is 2.18 bits per heavy atom. The van der Waals surface area contributed by atoms with E-state index < -0.39 is 18.0 Å². The van der Waals surface area contributed by atoms with Gasteiger partial charge in [-0.25, -0.2) is 0 Å². The number of benzene rings is 1. The molecule has 1 aromatic carbocycles. The largest absolute Gasteiger partial charge is 0.465 e. The van der Waals surface area contributed by atoms with Crippen LogP contribution in [0.2, 0.25) is 0 Å². The summed E-state index contributed by atoms with van der Waals surface area (Å²) in [7, 11) is 0. The lowest BCUT2D eigenvalue weighted by atomic mass is 9.92. The van der Waals surface area contributed by atoms with E-state index in [1.54, 1.807) is 6.92 Å². The summed E-state index contributed by atoms with van der Waals surface area (Å²) < 4.78 is 11.0. The van der Waals surface area contributed by atoms with Crippen LogP contribution in [0.3, 0.4) is 0 Å². The van der Waals surface area contributed by atoms with Crippen molar-refractivity contribution in [3.63, 3.8) is 0 Å². The summed E-state index contributed by atoms with van der Waals surface area (Å²) in [6.07, 6.45) is -0.0639. The lowest BCUT2D eigenvalue weighted by Gasteiger charge is -2.32. The van der Waals surface area contributed by atoms with E-state index in [-0.39, 0.29) is 23.8 Å². The first-order chi connectivity index (χ1) is 12.7. The van der Waals surface area contributed by atoms with Crippen molar-refractivity contribution in [3.05, 3.63) is 35.9 Å². The molecule has 0 N–H and O–H groups in total. The van der Waals surface area contributed by atoms with E-state index in [2.05, 4.69) is 32.6 Å². The van der Waals surface area contributed by atoms with Crippen LogP contribution >= 0.6 is 12.4 Å². The Morgan fingerprint density at radius 1 is 1.11 bits per heavy atom. The molecule has 0 amide bonds. The molecule has 0 aromatic heterocycles. The van der Waals surface area contributed by atoms with Crippen molar-refractivity contribution in [2.75, 3.05) is 26.2 Å². The first kappa shape index (κ1) is 26.4. The first-order valence-corrected chi connectivity index (χ1v) is 9.78. The van der Waals surface area contributed by atoms with Crippen molar-refractivity contribution >= 4 is 24.3 Å². The second-order valence-corrected chi connectivity index (χ2v) is 7.84. The maximum absolute atomic E-state index is 12.8. The van der Waals surface area contributed by atoms with Gasteiger partial charge in [0.25, 0.3) is 0 Å². The summed E-state index contributed by atoms with van der Waals surface area (Å²) in [5, 5.41) is 0. The molecule has 0 heterocycles. The predicted octanol–water partition coefficient (Wildman–Crippen LogP) is 4.13. The van der Waals surface area contributed by atoms with Gasteiger partial charge in [0.1, 0.15) is 6.10 Å². The Bertz CT molecular complexity index is 587. The molecule has 0 aliphatic rings. The Hall–Kier alpha value is -1.59. The van der Waals surface area contributed by atoms with E-state index in [9.17, 15) is 9.59 Å². The summed E-state index contributed by atoms with van der Waals surface area (Å²) in [6, 6.07) is 9.72. The minimum Gasteiger partial charge on any atom is -0.465 e. The van der Waals surface area contributed by atoms with Crippen molar-refractivity contribution in [2.45, 2.75) is 54.1 Å². The van der Waals surface area contributed by atoms with Gasteiger partial charge in [-0.15, -0.1) is 12.4 Å². The fourth-order valence-corrected chi connectivity index (χ4v) is 3.12. The molecule has 1 rings (SSSR count). The number of rotatable bonds is 11. The Balaban J connectivity index is 0.00000729. The highest BCUT2D eigenvalue weighted by molar-refractivity contribution is 5.85. The molecule has 5 nitrogen and oxygen atoms in total. The van der Waals surface area contributed by atoms with Crippen LogP contribution in [-0.2, 0) is 25.5 Å². The maximum Gasteiger partial charge on any atom is 0.313 e. The highest BCUT2D eigenvalue weighted by atomic mass is 35.5. The van der Waals surface area contributed by atoms with Gasteiger partial charge in [0.05, 0.1) is 12.5 Å². The zero-order chi connectivity index (χ0) is 20.4. The molecular weight excluding hydrogens is 378 g/mol. The first-order valence-electron chi connectivity index (χ1n) is 9.78. The molecule has 0 fully saturated rings. The minimum atomic E-state index is -0.541. The third-order valence-electron chi connectivity index (χ3n) is 4.67. The maximum atomic E-state index is 12.8. The van der Waals surface area contributed by atoms with Crippen LogP contribution in [-0.4, -0.2) is 49.2 Å². The SMILES string of the molecule is CCN(CC)CC(C)(C)COC(=O)C(Cc1ccccc1)C(C)OC(C)=O.Cl. The summed E-state index contributed by atoms with van der Waals surface area (Å²) in [6.45, 7) is 14.7. The van der Waals surface area contributed by atoms with Crippen LogP contribution in [0.4, 0.5) is 0 Å². The topological polar surface area (TPSA) is 55.8 Å². The second-order valence-electron chi connectivity index (χ2n) is 7.84. The highest BCUT2D eigenvalue weighted by Crippen LogP contribution is 2.21. The van der Waals surface area contributed by atoms with Crippen LogP contribution in [0.1, 0.15) is 47.1 Å². The van der Waals surface area contributed by atoms with Crippen molar-refractivity contribution in [1.82, 2.24) is 4.90 Å². The summed E-state index contributed by atoms with van der Waals surface area (Å²) in [4.78, 5) is 26.5. The Morgan fingerprint density at radius 2 is 1.68 bits per heavy atom. The molecule has 28 heavy (non-hydrogen) atoms. The van der Waals surface area contributed by atoms with Gasteiger partial charge in [-0.1, -0.05) is 58.0 Å². The van der Waals surface area contributed by atoms with Gasteiger partial charge >= 0.3 is 11.9 Å². The van der Waals surface area contributed by atoms with E-state index >= 15 is 0 Å². The fourth-order valence-electron chi connectivity index (χ4n) is 3.12. The van der Waals surface area contributed by atoms with Crippen molar-refractivity contribution < 1.29 is 19.1 Å². The quantitative estimate of drug-likeness (QED) is 0.510. The molecule has 1 aromatic rings. The number of carbonyl (C=O) groups excluding carboxylic acids is 2. The van der Waals surface area contributed by atoms with Gasteiger partial charge in [0, 0.05) is 18.9 Å². The Labute approximate surface area is 176 Å². The second kappa shape index (κ2) is 12.8. The number of ether oxygens (including phenoxy) is 2. The molecule has 6 heteroatoms. The lowest BCUT2D eigenvalue weighted by molar-refractivity contribution is -0.162. The van der Waals surface area contributed by atoms with Crippen LogP contribution in [0.25, 0.3) is 0 Å². The van der Waals surface area contributed by atoms with Crippen molar-refractivity contribution in [2.24, 2.45) is 11.3 Å². The molecule has 0 saturated heterocycles. The van der Waals surface area contributed by atoms with Gasteiger partial charge in [-0.05, 0) is 32.0 Å².